The highest BCUT2D eigenvalue weighted by Gasteiger charge is 2.20. The van der Waals surface area contributed by atoms with Gasteiger partial charge in [-0.05, 0) is 31.0 Å². The highest BCUT2D eigenvalue weighted by molar-refractivity contribution is 7.90. The van der Waals surface area contributed by atoms with E-state index in [1.807, 2.05) is 0 Å². The third-order valence-corrected chi connectivity index (χ3v) is 4.86. The minimum atomic E-state index is -4.25. The first-order valence-electron chi connectivity index (χ1n) is 7.34. The maximum Gasteiger partial charge on any atom is 0.287 e. The summed E-state index contributed by atoms with van der Waals surface area (Å²) in [5.74, 6) is -1.18. The summed E-state index contributed by atoms with van der Waals surface area (Å²) in [6.45, 7) is 1.43. The summed E-state index contributed by atoms with van der Waals surface area (Å²) in [7, 11) is -4.25. The van der Waals surface area contributed by atoms with E-state index in [9.17, 15) is 12.8 Å². The van der Waals surface area contributed by atoms with E-state index >= 15 is 0 Å². The molecule has 1 aromatic rings. The van der Waals surface area contributed by atoms with Gasteiger partial charge in [0.15, 0.2) is 0 Å². The van der Waals surface area contributed by atoms with Gasteiger partial charge >= 0.3 is 0 Å². The van der Waals surface area contributed by atoms with E-state index in [2.05, 4.69) is 9.71 Å². The monoisotopic (exact) mass is 342 g/mol. The number of benzene rings is 1. The zero-order chi connectivity index (χ0) is 17.0. The predicted octanol–water partition coefficient (Wildman–Crippen LogP) is 1.85. The van der Waals surface area contributed by atoms with E-state index in [1.165, 1.54) is 19.1 Å². The van der Waals surface area contributed by atoms with Crippen LogP contribution >= 0.6 is 0 Å². The average molecular weight is 342 g/mol. The van der Waals surface area contributed by atoms with Gasteiger partial charge in [0.05, 0.1) is 6.08 Å². The average Bonchev–Trinajstić information content (AvgIpc) is 2.89. The second kappa shape index (κ2) is 6.99. The van der Waals surface area contributed by atoms with E-state index in [1.54, 1.807) is 0 Å². The molecule has 0 saturated heterocycles. The first kappa shape index (κ1) is 17.3. The summed E-state index contributed by atoms with van der Waals surface area (Å²) in [5.41, 5.74) is 5.97. The summed E-state index contributed by atoms with van der Waals surface area (Å²) in [6, 6.07) is 4.15. The number of sulfonamides is 1. The Bertz CT molecular complexity index is 734. The molecule has 126 valence electrons. The summed E-state index contributed by atoms with van der Waals surface area (Å²) in [4.78, 5) is -0.534. The van der Waals surface area contributed by atoms with Gasteiger partial charge in [-0.25, -0.2) is 4.39 Å². The third kappa shape index (κ3) is 4.69. The standard InChI is InChI=1S/C15H20FN3O3S/c1-10(20)8-15(17)19-23(21,22)14-7-6-12(9-13(14)16)18-11-4-2-3-5-11/h6-9,11,18,20H,2-5H2,1H3,(H2,17,19)/p+1/b10-8-. The molecule has 0 spiro atoms. The van der Waals surface area contributed by atoms with Crippen LogP contribution in [0.4, 0.5) is 10.1 Å². The molecule has 0 unspecified atom stereocenters. The Labute approximate surface area is 135 Å². The number of hydrogen-bond acceptors (Lipinski definition) is 3. The fourth-order valence-electron chi connectivity index (χ4n) is 2.54. The van der Waals surface area contributed by atoms with E-state index < -0.39 is 20.7 Å². The Kier molecular flexibility index (Phi) is 5.25. The number of anilines is 1. The molecule has 0 radical (unpaired) electrons. The number of allylic oxidation sites excluding steroid dienone is 1. The Balaban J connectivity index is 2.24. The smallest absolute Gasteiger partial charge is 0.287 e. The summed E-state index contributed by atoms with van der Waals surface area (Å²) < 4.78 is 41.6. The van der Waals surface area contributed by atoms with Gasteiger partial charge < -0.3 is 16.2 Å². The van der Waals surface area contributed by atoms with Crippen LogP contribution in [-0.2, 0) is 10.0 Å². The van der Waals surface area contributed by atoms with E-state index in [-0.39, 0.29) is 11.6 Å². The molecular formula is C15H21FN3O3S+. The predicted molar refractivity (Wildman–Crippen MR) is 88.5 cm³/mol. The van der Waals surface area contributed by atoms with Crippen LogP contribution in [0.2, 0.25) is 0 Å². The lowest BCUT2D eigenvalue weighted by Crippen LogP contribution is -2.15. The molecule has 1 aliphatic rings. The maximum atomic E-state index is 14.2. The molecule has 1 saturated carbocycles. The molecule has 0 bridgehead atoms. The van der Waals surface area contributed by atoms with Crippen LogP contribution < -0.4 is 11.1 Å². The first-order chi connectivity index (χ1) is 10.8. The number of halogens is 1. The van der Waals surface area contributed by atoms with Crippen LogP contribution in [0, 0.1) is 5.82 Å². The Morgan fingerprint density at radius 2 is 2.09 bits per heavy atom. The highest BCUT2D eigenvalue weighted by Crippen LogP contribution is 2.25. The van der Waals surface area contributed by atoms with Crippen molar-refractivity contribution >= 4 is 21.5 Å². The fraction of sp³-hybridized carbons (Fsp3) is 0.400. The molecule has 23 heavy (non-hydrogen) atoms. The molecule has 1 aromatic carbocycles. The quantitative estimate of drug-likeness (QED) is 0.368. The molecule has 8 heteroatoms. The van der Waals surface area contributed by atoms with Gasteiger partial charge in [-0.3, -0.25) is 0 Å². The summed E-state index contributed by atoms with van der Waals surface area (Å²) >= 11 is 0. The van der Waals surface area contributed by atoms with E-state index in [0.717, 1.165) is 37.8 Å². The minimum absolute atomic E-state index is 0.0537. The Morgan fingerprint density at radius 3 is 2.65 bits per heavy atom. The van der Waals surface area contributed by atoms with Gasteiger partial charge in [-0.2, -0.15) is 8.42 Å². The molecule has 0 aromatic heterocycles. The van der Waals surface area contributed by atoms with Crippen molar-refractivity contribution < 1.29 is 17.9 Å². The number of nitrogens with zero attached hydrogens (tertiary/aromatic N) is 1. The fourth-order valence-corrected chi connectivity index (χ4v) is 3.52. The van der Waals surface area contributed by atoms with Gasteiger partial charge in [-0.15, -0.1) is 4.40 Å². The van der Waals surface area contributed by atoms with Crippen molar-refractivity contribution in [3.05, 3.63) is 35.9 Å². The highest BCUT2D eigenvalue weighted by atomic mass is 32.2. The van der Waals surface area contributed by atoms with Gasteiger partial charge in [0.1, 0.15) is 16.5 Å². The molecule has 0 atom stereocenters. The molecule has 1 aliphatic carbocycles. The molecule has 1 fully saturated rings. The molecule has 0 aliphatic heterocycles. The molecule has 2 rings (SSSR count). The van der Waals surface area contributed by atoms with Crippen LogP contribution in [0.1, 0.15) is 32.6 Å². The minimum Gasteiger partial charge on any atom is -0.597 e. The SMILES string of the molecule is C/C([OH2+])=C/C(N)=N\S(=O)(=O)c1ccc(NC2CCCC2)cc1F. The lowest BCUT2D eigenvalue weighted by Gasteiger charge is -2.14. The lowest BCUT2D eigenvalue weighted by atomic mass is 10.2. The largest absolute Gasteiger partial charge is 0.597 e. The van der Waals surface area contributed by atoms with Crippen LogP contribution in [-0.4, -0.2) is 25.4 Å². The third-order valence-electron chi connectivity index (χ3n) is 3.53. The van der Waals surface area contributed by atoms with Crippen molar-refractivity contribution in [3.63, 3.8) is 0 Å². The number of nitrogens with one attached hydrogen (secondary N) is 1. The van der Waals surface area contributed by atoms with Crippen LogP contribution in [0.15, 0.2) is 39.3 Å². The van der Waals surface area contributed by atoms with Crippen molar-refractivity contribution in [1.82, 2.24) is 0 Å². The molecule has 6 nitrogen and oxygen atoms in total. The molecular weight excluding hydrogens is 321 g/mol. The van der Waals surface area contributed by atoms with Crippen molar-refractivity contribution in [2.75, 3.05) is 5.32 Å². The first-order valence-corrected chi connectivity index (χ1v) is 8.78. The van der Waals surface area contributed by atoms with Crippen molar-refractivity contribution in [2.24, 2.45) is 10.1 Å². The zero-order valence-corrected chi connectivity index (χ0v) is 13.7. The van der Waals surface area contributed by atoms with Gasteiger partial charge in [-0.1, -0.05) is 12.8 Å². The van der Waals surface area contributed by atoms with Crippen LogP contribution in [0.25, 0.3) is 0 Å². The molecule has 5 N–H and O–H groups in total. The maximum absolute atomic E-state index is 14.2. The number of rotatable bonds is 5. The second-order valence-corrected chi connectivity index (χ2v) is 7.16. The van der Waals surface area contributed by atoms with Crippen LogP contribution in [0.5, 0.6) is 0 Å². The molecule has 0 heterocycles. The van der Waals surface area contributed by atoms with Crippen molar-refractivity contribution in [3.8, 4) is 0 Å². The van der Waals surface area contributed by atoms with Crippen LogP contribution in [0.3, 0.4) is 0 Å². The van der Waals surface area contributed by atoms with Crippen molar-refractivity contribution in [1.29, 1.82) is 0 Å². The zero-order valence-electron chi connectivity index (χ0n) is 12.8. The topological polar surface area (TPSA) is 107 Å². The van der Waals surface area contributed by atoms with E-state index in [0.29, 0.717) is 11.7 Å². The van der Waals surface area contributed by atoms with E-state index in [4.69, 9.17) is 10.8 Å². The van der Waals surface area contributed by atoms with Gasteiger partial charge in [0, 0.05) is 18.7 Å². The number of amidine groups is 1. The lowest BCUT2D eigenvalue weighted by molar-refractivity contribution is 0.415. The Morgan fingerprint density at radius 1 is 1.43 bits per heavy atom. The second-order valence-electron chi connectivity index (χ2n) is 5.59. The summed E-state index contributed by atoms with van der Waals surface area (Å²) in [5, 5.41) is 10.4. The molecule has 0 amide bonds. The number of hydrogen-bond donors (Lipinski definition) is 2. The number of nitrogens with two attached hydrogens (primary N) is 1. The van der Waals surface area contributed by atoms with Gasteiger partial charge in [0.25, 0.3) is 10.0 Å². The Hall–Kier alpha value is -2.09. The summed E-state index contributed by atoms with van der Waals surface area (Å²) in [6.07, 6.45) is 5.43. The van der Waals surface area contributed by atoms with Crippen molar-refractivity contribution in [2.45, 2.75) is 43.5 Å². The van der Waals surface area contributed by atoms with Gasteiger partial charge in [0.2, 0.25) is 5.76 Å². The normalized spacial score (nSPS) is 17.5.